The lowest BCUT2D eigenvalue weighted by atomic mass is 10.0. The summed E-state index contributed by atoms with van der Waals surface area (Å²) >= 11 is 0. The predicted molar refractivity (Wildman–Crippen MR) is 80.0 cm³/mol. The molecule has 0 atom stereocenters. The lowest BCUT2D eigenvalue weighted by Crippen LogP contribution is -2.07. The molecule has 2 aromatic rings. The number of nitrogens with one attached hydrogen (secondary N) is 1. The van der Waals surface area contributed by atoms with E-state index in [1.54, 1.807) is 0 Å². The number of aliphatic hydroxyl groups excluding tert-OH is 1. The van der Waals surface area contributed by atoms with Crippen LogP contribution >= 0.6 is 0 Å². The summed E-state index contributed by atoms with van der Waals surface area (Å²) in [5.41, 5.74) is 0.707. The van der Waals surface area contributed by atoms with Crippen molar-refractivity contribution in [2.75, 3.05) is 5.32 Å². The Hall–Kier alpha value is -3.20. The molecule has 0 bridgehead atoms. The molecule has 0 aliphatic rings. The lowest BCUT2D eigenvalue weighted by molar-refractivity contribution is -0.114. The Balaban J connectivity index is 2.46. The van der Waals surface area contributed by atoms with E-state index >= 15 is 0 Å². The third-order valence-corrected chi connectivity index (χ3v) is 2.82. The average molecular weight is 297 g/mol. The highest BCUT2D eigenvalue weighted by atomic mass is 19.1. The highest BCUT2D eigenvalue weighted by molar-refractivity contribution is 5.95. The minimum absolute atomic E-state index is 0.0000231. The third kappa shape index (κ3) is 3.46. The van der Waals surface area contributed by atoms with Gasteiger partial charge in [0.25, 0.3) is 0 Å². The quantitative estimate of drug-likeness (QED) is 0.673. The Morgan fingerprint density at radius 1 is 1.27 bits per heavy atom. The van der Waals surface area contributed by atoms with Gasteiger partial charge in [-0.05, 0) is 29.8 Å². The summed E-state index contributed by atoms with van der Waals surface area (Å²) in [6.07, 6.45) is 1.40. The highest BCUT2D eigenvalue weighted by Gasteiger charge is 2.12. The topological polar surface area (TPSA) is 86.0 Å². The molecule has 0 fully saturated rings. The Bertz CT molecular complexity index is 777. The van der Waals surface area contributed by atoms with E-state index in [0.29, 0.717) is 11.1 Å². The molecule has 1 aromatic carbocycles. The van der Waals surface area contributed by atoms with Crippen LogP contribution in [0.15, 0.2) is 42.6 Å². The number of carbonyl (C=O) groups excluding carboxylic acids is 1. The van der Waals surface area contributed by atoms with Gasteiger partial charge in [0, 0.05) is 18.7 Å². The summed E-state index contributed by atoms with van der Waals surface area (Å²) in [4.78, 5) is 15.0. The normalized spacial score (nSPS) is 11.3. The number of carbonyl (C=O) groups is 1. The Morgan fingerprint density at radius 2 is 1.95 bits per heavy atom. The van der Waals surface area contributed by atoms with Crippen LogP contribution in [-0.4, -0.2) is 16.0 Å². The van der Waals surface area contributed by atoms with Crippen molar-refractivity contribution in [2.24, 2.45) is 0 Å². The zero-order chi connectivity index (χ0) is 16.1. The summed E-state index contributed by atoms with van der Waals surface area (Å²) in [7, 11) is 0. The summed E-state index contributed by atoms with van der Waals surface area (Å²) in [5, 5.41) is 22.0. The monoisotopic (exact) mass is 297 g/mol. The van der Waals surface area contributed by atoms with Crippen molar-refractivity contribution in [3.05, 3.63) is 59.5 Å². The molecule has 0 aliphatic carbocycles. The van der Waals surface area contributed by atoms with Gasteiger partial charge in [-0.2, -0.15) is 5.26 Å². The van der Waals surface area contributed by atoms with Gasteiger partial charge in [0.2, 0.25) is 5.91 Å². The smallest absolute Gasteiger partial charge is 0.222 e. The van der Waals surface area contributed by atoms with E-state index in [1.165, 1.54) is 49.5 Å². The number of rotatable bonds is 3. The summed E-state index contributed by atoms with van der Waals surface area (Å²) in [6.45, 7) is 1.34. The molecule has 2 N–H and O–H groups in total. The summed E-state index contributed by atoms with van der Waals surface area (Å²) in [6, 6.07) is 10.1. The molecule has 0 radical (unpaired) electrons. The molecule has 5 nitrogen and oxygen atoms in total. The minimum Gasteiger partial charge on any atom is -0.506 e. The lowest BCUT2D eigenvalue weighted by Gasteiger charge is -2.07. The molecule has 0 aliphatic heterocycles. The number of allylic oxidation sites excluding steroid dienone is 1. The molecule has 1 heterocycles. The van der Waals surface area contributed by atoms with Gasteiger partial charge in [0.1, 0.15) is 29.0 Å². The van der Waals surface area contributed by atoms with Gasteiger partial charge in [-0.25, -0.2) is 9.37 Å². The molecule has 22 heavy (non-hydrogen) atoms. The number of aromatic nitrogens is 1. The molecular formula is C16H12FN3O2. The first-order valence-corrected chi connectivity index (χ1v) is 6.34. The molecule has 1 amide bonds. The average Bonchev–Trinajstić information content (AvgIpc) is 2.49. The number of halogens is 1. The second-order valence-corrected chi connectivity index (χ2v) is 4.45. The van der Waals surface area contributed by atoms with E-state index in [9.17, 15) is 19.6 Å². The molecule has 0 spiro atoms. The second-order valence-electron chi connectivity index (χ2n) is 4.45. The van der Waals surface area contributed by atoms with Gasteiger partial charge in [0.15, 0.2) is 0 Å². The van der Waals surface area contributed by atoms with Crippen molar-refractivity contribution in [3.63, 3.8) is 0 Å². The Kier molecular flexibility index (Phi) is 4.49. The Morgan fingerprint density at radius 3 is 2.55 bits per heavy atom. The highest BCUT2D eigenvalue weighted by Crippen LogP contribution is 2.25. The SMILES string of the molecule is CC(=O)Nc1cc(/C(O)=C(/C#N)c2ccc(F)cc2)ccn1. The largest absolute Gasteiger partial charge is 0.506 e. The van der Waals surface area contributed by atoms with Gasteiger partial charge >= 0.3 is 0 Å². The summed E-state index contributed by atoms with van der Waals surface area (Å²) < 4.78 is 12.9. The predicted octanol–water partition coefficient (Wildman–Crippen LogP) is 3.13. The second kappa shape index (κ2) is 6.50. The first-order chi connectivity index (χ1) is 10.5. The number of hydrogen-bond donors (Lipinski definition) is 2. The first-order valence-electron chi connectivity index (χ1n) is 6.34. The number of hydrogen-bond acceptors (Lipinski definition) is 4. The van der Waals surface area contributed by atoms with Crippen LogP contribution in [0.5, 0.6) is 0 Å². The van der Waals surface area contributed by atoms with E-state index in [-0.39, 0.29) is 23.1 Å². The fourth-order valence-electron chi connectivity index (χ4n) is 1.84. The maximum absolute atomic E-state index is 12.9. The Labute approximate surface area is 126 Å². The van der Waals surface area contributed by atoms with Crippen LogP contribution in [0.2, 0.25) is 0 Å². The molecule has 0 saturated carbocycles. The molecular weight excluding hydrogens is 285 g/mol. The van der Waals surface area contributed by atoms with Gasteiger partial charge in [-0.3, -0.25) is 4.79 Å². The van der Waals surface area contributed by atoms with E-state index in [1.807, 2.05) is 6.07 Å². The third-order valence-electron chi connectivity index (χ3n) is 2.82. The van der Waals surface area contributed by atoms with E-state index in [2.05, 4.69) is 10.3 Å². The van der Waals surface area contributed by atoms with Crippen LogP contribution in [-0.2, 0) is 4.79 Å². The number of amides is 1. The van der Waals surface area contributed by atoms with Crippen LogP contribution in [0.1, 0.15) is 18.1 Å². The van der Waals surface area contributed by atoms with Crippen molar-refractivity contribution in [1.82, 2.24) is 4.98 Å². The van der Waals surface area contributed by atoms with E-state index in [0.717, 1.165) is 0 Å². The number of nitriles is 1. The number of aliphatic hydroxyl groups is 1. The molecule has 6 heteroatoms. The standard InChI is InChI=1S/C16H12FN3O2/c1-10(21)20-15-8-12(6-7-19-15)16(22)14(9-18)11-2-4-13(17)5-3-11/h2-8,22H,1H3,(H,19,20,21)/b16-14+. The first kappa shape index (κ1) is 15.2. The van der Waals surface area contributed by atoms with Crippen LogP contribution in [0, 0.1) is 17.1 Å². The van der Waals surface area contributed by atoms with Crippen LogP contribution in [0.25, 0.3) is 11.3 Å². The van der Waals surface area contributed by atoms with Crippen molar-refractivity contribution in [2.45, 2.75) is 6.92 Å². The van der Waals surface area contributed by atoms with Crippen LogP contribution in [0.4, 0.5) is 10.2 Å². The zero-order valence-electron chi connectivity index (χ0n) is 11.7. The number of anilines is 1. The fraction of sp³-hybridized carbons (Fsp3) is 0.0625. The number of benzene rings is 1. The van der Waals surface area contributed by atoms with E-state index < -0.39 is 5.82 Å². The number of pyridine rings is 1. The maximum atomic E-state index is 12.9. The minimum atomic E-state index is -0.433. The van der Waals surface area contributed by atoms with Crippen molar-refractivity contribution >= 4 is 23.1 Å². The molecule has 0 saturated heterocycles. The van der Waals surface area contributed by atoms with Crippen LogP contribution in [0.3, 0.4) is 0 Å². The molecule has 0 unspecified atom stereocenters. The van der Waals surface area contributed by atoms with Gasteiger partial charge in [-0.15, -0.1) is 0 Å². The van der Waals surface area contributed by atoms with Crippen molar-refractivity contribution in [3.8, 4) is 6.07 Å². The molecule has 2 rings (SSSR count). The van der Waals surface area contributed by atoms with E-state index in [4.69, 9.17) is 0 Å². The van der Waals surface area contributed by atoms with Crippen molar-refractivity contribution < 1.29 is 14.3 Å². The molecule has 1 aromatic heterocycles. The molecule has 110 valence electrons. The van der Waals surface area contributed by atoms with Gasteiger partial charge in [0.05, 0.1) is 0 Å². The number of nitrogens with zero attached hydrogens (tertiary/aromatic N) is 2. The van der Waals surface area contributed by atoms with Crippen molar-refractivity contribution in [1.29, 1.82) is 5.26 Å². The van der Waals surface area contributed by atoms with Crippen LogP contribution < -0.4 is 5.32 Å². The van der Waals surface area contributed by atoms with Gasteiger partial charge in [-0.1, -0.05) is 12.1 Å². The van der Waals surface area contributed by atoms with Gasteiger partial charge < -0.3 is 10.4 Å². The summed E-state index contributed by atoms with van der Waals surface area (Å²) in [5.74, 6) is -0.749. The zero-order valence-corrected chi connectivity index (χ0v) is 11.7. The fourth-order valence-corrected chi connectivity index (χ4v) is 1.84. The maximum Gasteiger partial charge on any atom is 0.222 e.